The van der Waals surface area contributed by atoms with E-state index in [9.17, 15) is 0 Å². The van der Waals surface area contributed by atoms with Gasteiger partial charge in [0.1, 0.15) is 0 Å². The van der Waals surface area contributed by atoms with Gasteiger partial charge in [-0.2, -0.15) is 0 Å². The largest absolute Gasteiger partial charge is 0.0822 e. The molecule has 0 atom stereocenters. The second-order valence-electron chi connectivity index (χ2n) is 3.40. The van der Waals surface area contributed by atoms with E-state index in [1.54, 1.807) is 5.57 Å². The predicted octanol–water partition coefficient (Wildman–Crippen LogP) is 3.00. The normalized spacial score (nSPS) is 21.1. The molecule has 0 aromatic heterocycles. The lowest BCUT2D eigenvalue weighted by Crippen LogP contribution is -1.88. The average molecular weight is 124 g/mol. The highest BCUT2D eigenvalue weighted by Gasteiger charge is 2.18. The molecular weight excluding hydrogens is 108 g/mol. The van der Waals surface area contributed by atoms with Crippen LogP contribution in [0.25, 0.3) is 0 Å². The highest BCUT2D eigenvalue weighted by molar-refractivity contribution is 5.07. The van der Waals surface area contributed by atoms with Crippen LogP contribution in [0.5, 0.6) is 0 Å². The molecule has 1 aliphatic carbocycles. The third kappa shape index (κ3) is 2.21. The van der Waals surface area contributed by atoms with Gasteiger partial charge in [0.2, 0.25) is 0 Å². The topological polar surface area (TPSA) is 0 Å². The van der Waals surface area contributed by atoms with Gasteiger partial charge in [0.25, 0.3) is 0 Å². The minimum atomic E-state index is 0.755. The van der Waals surface area contributed by atoms with Crippen LogP contribution in [-0.4, -0.2) is 0 Å². The Bertz CT molecular complexity index is 116. The molecule has 0 spiro atoms. The monoisotopic (exact) mass is 124 g/mol. The molecule has 1 fully saturated rings. The Morgan fingerprint density at radius 1 is 1.44 bits per heavy atom. The smallest absolute Gasteiger partial charge is 0.0230 e. The fourth-order valence-corrected chi connectivity index (χ4v) is 0.827. The Balaban J connectivity index is 2.37. The minimum absolute atomic E-state index is 0.755. The van der Waals surface area contributed by atoms with Crippen molar-refractivity contribution in [1.82, 2.24) is 0 Å². The van der Waals surface area contributed by atoms with Crippen LogP contribution < -0.4 is 0 Å². The SMILES string of the molecule is C/C(=C\C1CC1)C(C)C. The summed E-state index contributed by atoms with van der Waals surface area (Å²) in [6.07, 6.45) is 5.30. The van der Waals surface area contributed by atoms with Crippen molar-refractivity contribution in [2.24, 2.45) is 11.8 Å². The van der Waals surface area contributed by atoms with Gasteiger partial charge in [-0.15, -0.1) is 0 Å². The highest BCUT2D eigenvalue weighted by atomic mass is 14.2. The van der Waals surface area contributed by atoms with E-state index in [0.29, 0.717) is 0 Å². The number of rotatable bonds is 2. The van der Waals surface area contributed by atoms with Crippen molar-refractivity contribution in [3.8, 4) is 0 Å². The summed E-state index contributed by atoms with van der Waals surface area (Å²) in [6.45, 7) is 6.76. The third-order valence-corrected chi connectivity index (χ3v) is 2.03. The maximum Gasteiger partial charge on any atom is -0.0230 e. The van der Waals surface area contributed by atoms with Gasteiger partial charge in [0.05, 0.1) is 0 Å². The fourth-order valence-electron chi connectivity index (χ4n) is 0.827. The summed E-state index contributed by atoms with van der Waals surface area (Å²) in [5.74, 6) is 1.71. The minimum Gasteiger partial charge on any atom is -0.0822 e. The molecule has 0 aromatic carbocycles. The van der Waals surface area contributed by atoms with Crippen molar-refractivity contribution >= 4 is 0 Å². The number of hydrogen-bond acceptors (Lipinski definition) is 0. The lowest BCUT2D eigenvalue weighted by Gasteiger charge is -2.02. The second kappa shape index (κ2) is 2.55. The van der Waals surface area contributed by atoms with Crippen LogP contribution in [0.2, 0.25) is 0 Å². The molecule has 0 amide bonds. The van der Waals surface area contributed by atoms with Gasteiger partial charge in [-0.25, -0.2) is 0 Å². The van der Waals surface area contributed by atoms with Crippen molar-refractivity contribution in [3.63, 3.8) is 0 Å². The molecule has 0 N–H and O–H groups in total. The summed E-state index contributed by atoms with van der Waals surface area (Å²) in [5, 5.41) is 0. The molecule has 0 bridgehead atoms. The summed E-state index contributed by atoms with van der Waals surface area (Å²) in [4.78, 5) is 0. The zero-order valence-corrected chi connectivity index (χ0v) is 6.65. The molecule has 0 nitrogen and oxygen atoms in total. The van der Waals surface area contributed by atoms with Gasteiger partial charge in [-0.1, -0.05) is 25.5 Å². The van der Waals surface area contributed by atoms with Crippen molar-refractivity contribution < 1.29 is 0 Å². The van der Waals surface area contributed by atoms with Crippen LogP contribution in [0.15, 0.2) is 11.6 Å². The lowest BCUT2D eigenvalue weighted by atomic mass is 10.0. The Hall–Kier alpha value is -0.260. The first-order chi connectivity index (χ1) is 4.20. The maximum absolute atomic E-state index is 2.44. The molecule has 1 saturated carbocycles. The van der Waals surface area contributed by atoms with Crippen LogP contribution in [-0.2, 0) is 0 Å². The average Bonchev–Trinajstić information content (AvgIpc) is 2.50. The van der Waals surface area contributed by atoms with Crippen molar-refractivity contribution in [2.75, 3.05) is 0 Å². The van der Waals surface area contributed by atoms with E-state index < -0.39 is 0 Å². The number of hydrogen-bond donors (Lipinski definition) is 0. The first-order valence-corrected chi connectivity index (χ1v) is 3.88. The van der Waals surface area contributed by atoms with Gasteiger partial charge in [-0.05, 0) is 31.6 Å². The summed E-state index contributed by atoms with van der Waals surface area (Å²) in [5.41, 5.74) is 1.57. The molecule has 52 valence electrons. The van der Waals surface area contributed by atoms with E-state index in [1.807, 2.05) is 0 Å². The molecule has 0 heterocycles. The van der Waals surface area contributed by atoms with E-state index in [1.165, 1.54) is 12.8 Å². The summed E-state index contributed by atoms with van der Waals surface area (Å²) in [6, 6.07) is 0. The summed E-state index contributed by atoms with van der Waals surface area (Å²) in [7, 11) is 0. The van der Waals surface area contributed by atoms with Crippen molar-refractivity contribution in [1.29, 1.82) is 0 Å². The predicted molar refractivity (Wildman–Crippen MR) is 41.3 cm³/mol. The highest BCUT2D eigenvalue weighted by Crippen LogP contribution is 2.32. The van der Waals surface area contributed by atoms with Gasteiger partial charge in [0, 0.05) is 0 Å². The molecule has 1 rings (SSSR count). The van der Waals surface area contributed by atoms with Crippen LogP contribution >= 0.6 is 0 Å². The van der Waals surface area contributed by atoms with E-state index >= 15 is 0 Å². The Morgan fingerprint density at radius 2 is 2.00 bits per heavy atom. The Kier molecular flexibility index (Phi) is 1.94. The molecule has 0 aliphatic heterocycles. The van der Waals surface area contributed by atoms with Gasteiger partial charge >= 0.3 is 0 Å². The zero-order chi connectivity index (χ0) is 6.85. The van der Waals surface area contributed by atoms with Crippen LogP contribution in [0, 0.1) is 11.8 Å². The summed E-state index contributed by atoms with van der Waals surface area (Å²) >= 11 is 0. The molecule has 0 radical (unpaired) electrons. The first-order valence-electron chi connectivity index (χ1n) is 3.88. The van der Waals surface area contributed by atoms with E-state index in [2.05, 4.69) is 26.8 Å². The van der Waals surface area contributed by atoms with Crippen LogP contribution in [0.1, 0.15) is 33.6 Å². The quantitative estimate of drug-likeness (QED) is 0.496. The van der Waals surface area contributed by atoms with Gasteiger partial charge in [-0.3, -0.25) is 0 Å². The van der Waals surface area contributed by atoms with Gasteiger partial charge < -0.3 is 0 Å². The van der Waals surface area contributed by atoms with Crippen molar-refractivity contribution in [3.05, 3.63) is 11.6 Å². The molecule has 0 aromatic rings. The molecule has 0 unspecified atom stereocenters. The van der Waals surface area contributed by atoms with Gasteiger partial charge in [0.15, 0.2) is 0 Å². The molecule has 9 heavy (non-hydrogen) atoms. The Morgan fingerprint density at radius 3 is 2.33 bits per heavy atom. The summed E-state index contributed by atoms with van der Waals surface area (Å²) < 4.78 is 0. The van der Waals surface area contributed by atoms with Crippen LogP contribution in [0.3, 0.4) is 0 Å². The van der Waals surface area contributed by atoms with Crippen LogP contribution in [0.4, 0.5) is 0 Å². The maximum atomic E-state index is 2.44. The second-order valence-corrected chi connectivity index (χ2v) is 3.40. The van der Waals surface area contributed by atoms with Crippen molar-refractivity contribution in [2.45, 2.75) is 33.6 Å². The zero-order valence-electron chi connectivity index (χ0n) is 6.65. The fraction of sp³-hybridized carbons (Fsp3) is 0.778. The number of allylic oxidation sites excluding steroid dienone is 2. The first kappa shape index (κ1) is 6.85. The van der Waals surface area contributed by atoms with E-state index in [-0.39, 0.29) is 0 Å². The Labute approximate surface area is 58.0 Å². The standard InChI is InChI=1S/C9H16/c1-7(2)8(3)6-9-4-5-9/h6-7,9H,4-5H2,1-3H3/b8-6+. The molecule has 0 heteroatoms. The van der Waals surface area contributed by atoms with E-state index in [4.69, 9.17) is 0 Å². The third-order valence-electron chi connectivity index (χ3n) is 2.03. The molecule has 1 aliphatic rings. The lowest BCUT2D eigenvalue weighted by molar-refractivity contribution is 0.758. The molecular formula is C9H16. The van der Waals surface area contributed by atoms with E-state index in [0.717, 1.165) is 11.8 Å². The molecule has 0 saturated heterocycles.